The zero-order valence-electron chi connectivity index (χ0n) is 12.6. The van der Waals surface area contributed by atoms with Crippen LogP contribution >= 0.6 is 11.3 Å². The molecule has 1 atom stereocenters. The number of carbonyl (C=O) groups is 2. The molecule has 0 radical (unpaired) electrons. The van der Waals surface area contributed by atoms with Crippen LogP contribution in [0.25, 0.3) is 10.6 Å². The van der Waals surface area contributed by atoms with Gasteiger partial charge in [-0.25, -0.2) is 9.78 Å². The van der Waals surface area contributed by atoms with E-state index in [1.807, 2.05) is 12.1 Å². The number of carboxylic acids is 1. The molecule has 0 aliphatic carbocycles. The summed E-state index contributed by atoms with van der Waals surface area (Å²) in [6, 6.07) is 7.24. The van der Waals surface area contributed by atoms with Crippen LogP contribution in [0.5, 0.6) is 5.75 Å². The molecule has 2 aromatic rings. The molecule has 7 nitrogen and oxygen atoms in total. The summed E-state index contributed by atoms with van der Waals surface area (Å²) in [7, 11) is 1.58. The number of carboxylic acid groups (broad SMARTS) is 1. The monoisotopic (exact) mass is 336 g/mol. The quantitative estimate of drug-likeness (QED) is 0.735. The number of rotatable bonds is 6. The van der Waals surface area contributed by atoms with Gasteiger partial charge in [0, 0.05) is 10.9 Å². The van der Waals surface area contributed by atoms with Gasteiger partial charge in [0.05, 0.1) is 13.7 Å². The third kappa shape index (κ3) is 4.05. The summed E-state index contributed by atoms with van der Waals surface area (Å²) in [5, 5.41) is 23.0. The van der Waals surface area contributed by atoms with Crippen molar-refractivity contribution in [1.82, 2.24) is 10.3 Å². The summed E-state index contributed by atoms with van der Waals surface area (Å²) < 4.78 is 5.08. The number of thiazole rings is 1. The predicted molar refractivity (Wildman–Crippen MR) is 84.7 cm³/mol. The van der Waals surface area contributed by atoms with E-state index in [0.717, 1.165) is 18.2 Å². The number of amides is 1. The molecule has 8 heteroatoms. The smallest absolute Gasteiger partial charge is 0.337 e. The number of aliphatic hydroxyl groups is 1. The number of aliphatic carboxylic acids is 1. The van der Waals surface area contributed by atoms with E-state index in [0.29, 0.717) is 5.01 Å². The molecule has 1 aromatic heterocycles. The van der Waals surface area contributed by atoms with Gasteiger partial charge in [-0.2, -0.15) is 0 Å². The second-order valence-electron chi connectivity index (χ2n) is 5.03. The number of hydrogen-bond donors (Lipinski definition) is 3. The number of nitrogens with zero attached hydrogens (tertiary/aromatic N) is 1. The zero-order valence-corrected chi connectivity index (χ0v) is 13.4. The minimum Gasteiger partial charge on any atom is -0.497 e. The van der Waals surface area contributed by atoms with E-state index in [-0.39, 0.29) is 5.69 Å². The lowest BCUT2D eigenvalue weighted by molar-refractivity contribution is -0.155. The number of ether oxygens (including phenoxy) is 1. The first-order valence-corrected chi connectivity index (χ1v) is 7.55. The van der Waals surface area contributed by atoms with Crippen LogP contribution in [-0.4, -0.2) is 46.3 Å². The van der Waals surface area contributed by atoms with E-state index in [1.165, 1.54) is 11.3 Å². The van der Waals surface area contributed by atoms with Gasteiger partial charge >= 0.3 is 5.97 Å². The molecule has 3 N–H and O–H groups in total. The van der Waals surface area contributed by atoms with Crippen LogP contribution in [0.2, 0.25) is 0 Å². The van der Waals surface area contributed by atoms with Crippen molar-refractivity contribution in [3.05, 3.63) is 35.3 Å². The van der Waals surface area contributed by atoms with Crippen molar-refractivity contribution < 1.29 is 24.5 Å². The highest BCUT2D eigenvalue weighted by Crippen LogP contribution is 2.25. The highest BCUT2D eigenvalue weighted by molar-refractivity contribution is 7.13. The second-order valence-corrected chi connectivity index (χ2v) is 5.89. The largest absolute Gasteiger partial charge is 0.497 e. The Bertz CT molecular complexity index is 709. The zero-order chi connectivity index (χ0) is 17.0. The highest BCUT2D eigenvalue weighted by Gasteiger charge is 2.30. The fourth-order valence-electron chi connectivity index (χ4n) is 1.66. The lowest BCUT2D eigenvalue weighted by Gasteiger charge is -2.17. The van der Waals surface area contributed by atoms with Crippen molar-refractivity contribution in [1.29, 1.82) is 0 Å². The van der Waals surface area contributed by atoms with Crippen LogP contribution in [0.3, 0.4) is 0 Å². The van der Waals surface area contributed by atoms with Crippen LogP contribution in [0.1, 0.15) is 17.4 Å². The van der Waals surface area contributed by atoms with Gasteiger partial charge in [0.25, 0.3) is 5.91 Å². The van der Waals surface area contributed by atoms with Crippen molar-refractivity contribution in [2.45, 2.75) is 12.5 Å². The van der Waals surface area contributed by atoms with Gasteiger partial charge in [-0.1, -0.05) is 0 Å². The minimum absolute atomic E-state index is 0.169. The Labute approximate surface area is 136 Å². The summed E-state index contributed by atoms with van der Waals surface area (Å²) >= 11 is 1.29. The predicted octanol–water partition coefficient (Wildman–Crippen LogP) is 1.38. The molecule has 0 saturated heterocycles. The Kier molecular flexibility index (Phi) is 4.97. The first-order valence-electron chi connectivity index (χ1n) is 6.67. The fraction of sp³-hybridized carbons (Fsp3) is 0.267. The van der Waals surface area contributed by atoms with Crippen molar-refractivity contribution >= 4 is 23.2 Å². The first kappa shape index (κ1) is 16.9. The maximum absolute atomic E-state index is 12.0. The van der Waals surface area contributed by atoms with Gasteiger partial charge in [0.2, 0.25) is 0 Å². The van der Waals surface area contributed by atoms with Gasteiger partial charge < -0.3 is 20.3 Å². The summed E-state index contributed by atoms with van der Waals surface area (Å²) in [6.07, 6.45) is 0. The lowest BCUT2D eigenvalue weighted by Crippen LogP contribution is -2.46. The molecule has 122 valence electrons. The second kappa shape index (κ2) is 6.76. The topological polar surface area (TPSA) is 109 Å². The molecule has 0 spiro atoms. The van der Waals surface area contributed by atoms with Crippen LogP contribution in [-0.2, 0) is 4.79 Å². The van der Waals surface area contributed by atoms with Crippen molar-refractivity contribution in [2.24, 2.45) is 0 Å². The maximum atomic E-state index is 12.0. The van der Waals surface area contributed by atoms with Crippen LogP contribution in [0.15, 0.2) is 29.6 Å². The van der Waals surface area contributed by atoms with Crippen molar-refractivity contribution in [2.75, 3.05) is 13.7 Å². The molecule has 0 aliphatic rings. The minimum atomic E-state index is -2.02. The molecular formula is C15H16N2O5S. The third-order valence-corrected chi connectivity index (χ3v) is 4.02. The molecule has 1 aromatic carbocycles. The van der Waals surface area contributed by atoms with Crippen molar-refractivity contribution in [3.8, 4) is 16.3 Å². The number of aromatic nitrogens is 1. The van der Waals surface area contributed by atoms with Crippen molar-refractivity contribution in [3.63, 3.8) is 0 Å². The van der Waals surface area contributed by atoms with Crippen LogP contribution < -0.4 is 10.1 Å². The summed E-state index contributed by atoms with van der Waals surface area (Å²) in [6.45, 7) is 0.704. The Morgan fingerprint density at radius 3 is 2.57 bits per heavy atom. The van der Waals surface area contributed by atoms with Gasteiger partial charge in [-0.3, -0.25) is 4.79 Å². The molecule has 23 heavy (non-hydrogen) atoms. The van der Waals surface area contributed by atoms with Crippen LogP contribution in [0, 0.1) is 0 Å². The van der Waals surface area contributed by atoms with Crippen LogP contribution in [0.4, 0.5) is 0 Å². The first-order chi connectivity index (χ1) is 10.8. The number of carbonyl (C=O) groups excluding carboxylic acids is 1. The van der Waals surface area contributed by atoms with E-state index >= 15 is 0 Å². The Balaban J connectivity index is 2.06. The molecule has 1 amide bonds. The average Bonchev–Trinajstić information content (AvgIpc) is 3.02. The molecule has 2 rings (SSSR count). The van der Waals surface area contributed by atoms with E-state index < -0.39 is 24.0 Å². The molecule has 0 bridgehead atoms. The third-order valence-electron chi connectivity index (χ3n) is 3.13. The number of benzene rings is 1. The Morgan fingerprint density at radius 2 is 2.00 bits per heavy atom. The van der Waals surface area contributed by atoms with E-state index in [9.17, 15) is 14.7 Å². The van der Waals surface area contributed by atoms with E-state index in [4.69, 9.17) is 9.84 Å². The van der Waals surface area contributed by atoms with Gasteiger partial charge in [-0.05, 0) is 31.2 Å². The SMILES string of the molecule is COc1ccc(-c2nc(C(=O)NCC(C)(O)C(=O)O)cs2)cc1. The molecule has 0 saturated carbocycles. The Hall–Kier alpha value is -2.45. The van der Waals surface area contributed by atoms with E-state index in [2.05, 4.69) is 10.3 Å². The summed E-state index contributed by atoms with van der Waals surface area (Å²) in [4.78, 5) is 27.0. The summed E-state index contributed by atoms with van der Waals surface area (Å²) in [5.41, 5.74) is -1.01. The lowest BCUT2D eigenvalue weighted by atomic mass is 10.1. The molecule has 1 heterocycles. The highest BCUT2D eigenvalue weighted by atomic mass is 32.1. The standard InChI is InChI=1S/C15H16N2O5S/c1-15(21,14(19)20)8-16-12(18)11-7-23-13(17-11)9-3-5-10(22-2)6-4-9/h3-7,21H,8H2,1-2H3,(H,16,18)(H,19,20). The normalized spacial score (nSPS) is 13.2. The fourth-order valence-corrected chi connectivity index (χ4v) is 2.47. The maximum Gasteiger partial charge on any atom is 0.337 e. The van der Waals surface area contributed by atoms with Gasteiger partial charge in [0.1, 0.15) is 16.5 Å². The van der Waals surface area contributed by atoms with Gasteiger partial charge in [-0.15, -0.1) is 11.3 Å². The molecule has 0 aliphatic heterocycles. The molecule has 1 unspecified atom stereocenters. The van der Waals surface area contributed by atoms with Gasteiger partial charge in [0.15, 0.2) is 5.60 Å². The Morgan fingerprint density at radius 1 is 1.35 bits per heavy atom. The summed E-state index contributed by atoms with van der Waals surface area (Å²) in [5.74, 6) is -1.23. The number of methoxy groups -OCH3 is 1. The number of nitrogens with one attached hydrogen (secondary N) is 1. The van der Waals surface area contributed by atoms with E-state index in [1.54, 1.807) is 24.6 Å². The number of hydrogen-bond acceptors (Lipinski definition) is 6. The average molecular weight is 336 g/mol. The molecular weight excluding hydrogens is 320 g/mol. The molecule has 0 fully saturated rings.